The summed E-state index contributed by atoms with van der Waals surface area (Å²) in [4.78, 5) is -1.14. The maximum atomic E-state index is 12.2. The molecule has 6 aromatic rings. The number of hydrogen-bond acceptors (Lipinski definition) is 10. The molecule has 0 heterocycles. The lowest BCUT2D eigenvalue weighted by Crippen LogP contribution is -1.99. The molecule has 0 amide bonds. The van der Waals surface area contributed by atoms with Crippen molar-refractivity contribution in [2.45, 2.75) is 37.5 Å². The highest BCUT2D eigenvalue weighted by molar-refractivity contribution is 7.86. The predicted molar refractivity (Wildman–Crippen MR) is 190 cm³/mol. The Morgan fingerprint density at radius 1 is 0.460 bits per heavy atom. The summed E-state index contributed by atoms with van der Waals surface area (Å²) in [6.07, 6.45) is 0. The molecule has 0 aromatic heterocycles. The second-order valence-corrected chi connectivity index (χ2v) is 14.6. The van der Waals surface area contributed by atoms with Gasteiger partial charge in [-0.05, 0) is 108 Å². The smallest absolute Gasteiger partial charge is 0.296 e. The number of nitrogens with zero attached hydrogens (tertiary/aromatic N) is 4. The maximum Gasteiger partial charge on any atom is 0.296 e. The summed E-state index contributed by atoms with van der Waals surface area (Å²) in [5.74, 6) is -0.862. The van der Waals surface area contributed by atoms with E-state index in [1.807, 2.05) is 24.3 Å². The molecule has 0 aliphatic carbocycles. The van der Waals surface area contributed by atoms with Crippen LogP contribution in [0.3, 0.4) is 0 Å². The molecular formula is C36H30N4O8S2. The van der Waals surface area contributed by atoms with Crippen LogP contribution in [0.2, 0.25) is 0 Å². The number of aryl methyl sites for hydroxylation is 4. The average molecular weight is 711 g/mol. The quantitative estimate of drug-likeness (QED) is 0.0926. The number of rotatable bonds is 7. The molecule has 254 valence electrons. The van der Waals surface area contributed by atoms with Gasteiger partial charge in [-0.15, -0.1) is 20.5 Å². The van der Waals surface area contributed by atoms with Crippen LogP contribution in [0.15, 0.2) is 115 Å². The Balaban J connectivity index is 1.36. The van der Waals surface area contributed by atoms with Crippen molar-refractivity contribution >= 4 is 64.5 Å². The largest absolute Gasteiger partial charge is 0.505 e. The molecule has 0 unspecified atom stereocenters. The Morgan fingerprint density at radius 3 is 1.08 bits per heavy atom. The predicted octanol–water partition coefficient (Wildman–Crippen LogP) is 9.63. The number of benzene rings is 6. The summed E-state index contributed by atoms with van der Waals surface area (Å²) in [7, 11) is -9.49. The van der Waals surface area contributed by atoms with Crippen molar-refractivity contribution in [2.75, 3.05) is 0 Å². The van der Waals surface area contributed by atoms with E-state index in [2.05, 4.69) is 20.5 Å². The van der Waals surface area contributed by atoms with Gasteiger partial charge in [-0.2, -0.15) is 16.8 Å². The van der Waals surface area contributed by atoms with Crippen LogP contribution in [0.4, 0.5) is 22.7 Å². The second kappa shape index (κ2) is 12.7. The SMILES string of the molecule is Cc1cc(-c2cc(C)c(N=Nc3c(S(=O)(=O)O)cc4ccccc4c3O)c(C)c2)cc(C)c1N=Nc1c(S(=O)(=O)O)cc2ccccc2c1O. The fourth-order valence-corrected chi connectivity index (χ4v) is 7.25. The van der Waals surface area contributed by atoms with Gasteiger partial charge >= 0.3 is 0 Å². The number of azo groups is 2. The highest BCUT2D eigenvalue weighted by atomic mass is 32.2. The molecule has 4 N–H and O–H groups in total. The first kappa shape index (κ1) is 34.3. The average Bonchev–Trinajstić information content (AvgIpc) is 3.04. The van der Waals surface area contributed by atoms with Crippen LogP contribution in [0, 0.1) is 27.7 Å². The summed E-state index contributed by atoms with van der Waals surface area (Å²) in [5, 5.41) is 40.0. The molecule has 14 heteroatoms. The molecule has 0 aliphatic heterocycles. The van der Waals surface area contributed by atoms with E-state index in [0.29, 0.717) is 55.2 Å². The van der Waals surface area contributed by atoms with Gasteiger partial charge in [0.1, 0.15) is 21.2 Å². The van der Waals surface area contributed by atoms with E-state index in [4.69, 9.17) is 0 Å². The number of phenols is 2. The molecule has 0 radical (unpaired) electrons. The van der Waals surface area contributed by atoms with Gasteiger partial charge < -0.3 is 10.2 Å². The van der Waals surface area contributed by atoms with Gasteiger partial charge in [0.25, 0.3) is 20.2 Å². The summed E-state index contributed by atoms with van der Waals surface area (Å²) in [6, 6.07) is 23.0. The Bertz CT molecular complexity index is 2440. The van der Waals surface area contributed by atoms with Gasteiger partial charge in [0, 0.05) is 10.8 Å². The van der Waals surface area contributed by atoms with E-state index in [1.54, 1.807) is 76.2 Å². The fourth-order valence-electron chi connectivity index (χ4n) is 5.93. The molecule has 0 fully saturated rings. The van der Waals surface area contributed by atoms with Gasteiger partial charge in [0.2, 0.25) is 0 Å². The summed E-state index contributed by atoms with van der Waals surface area (Å²) in [6.45, 7) is 7.22. The third kappa shape index (κ3) is 6.44. The van der Waals surface area contributed by atoms with E-state index < -0.39 is 41.5 Å². The van der Waals surface area contributed by atoms with Gasteiger partial charge in [-0.1, -0.05) is 48.5 Å². The van der Waals surface area contributed by atoms with Gasteiger partial charge in [0.15, 0.2) is 11.5 Å². The first-order valence-electron chi connectivity index (χ1n) is 15.1. The van der Waals surface area contributed by atoms with Crippen molar-refractivity contribution in [1.82, 2.24) is 0 Å². The first-order chi connectivity index (χ1) is 23.5. The van der Waals surface area contributed by atoms with Crippen molar-refractivity contribution in [1.29, 1.82) is 0 Å². The van der Waals surface area contributed by atoms with Crippen LogP contribution in [0.1, 0.15) is 22.3 Å². The molecular weight excluding hydrogens is 681 g/mol. The van der Waals surface area contributed by atoms with Crippen LogP contribution < -0.4 is 0 Å². The van der Waals surface area contributed by atoms with E-state index in [9.17, 15) is 36.2 Å². The Labute approximate surface area is 287 Å². The van der Waals surface area contributed by atoms with Crippen LogP contribution >= 0.6 is 0 Å². The number of hydrogen-bond donors (Lipinski definition) is 4. The minimum Gasteiger partial charge on any atom is -0.505 e. The molecule has 6 rings (SSSR count). The van der Waals surface area contributed by atoms with E-state index >= 15 is 0 Å². The van der Waals surface area contributed by atoms with Gasteiger partial charge in [0.05, 0.1) is 11.4 Å². The standard InChI is InChI=1S/C36H30N4O8S2/c1-19-13-25(14-20(2)31(19)37-39-33-29(49(43,44)45)17-23-9-5-7-11-27(23)35(33)41)26-15-21(3)32(22(4)16-26)38-40-34-30(50(46,47)48)18-24-10-6-8-12-28(24)36(34)42/h5-18,41-42H,1-4H3,(H,43,44,45)(H,46,47,48). The van der Waals surface area contributed by atoms with Crippen LogP contribution in [0.25, 0.3) is 32.7 Å². The third-order valence-electron chi connectivity index (χ3n) is 8.29. The zero-order valence-corrected chi connectivity index (χ0v) is 28.7. The Morgan fingerprint density at radius 2 is 0.760 bits per heavy atom. The molecule has 0 saturated carbocycles. The number of phenolic OH excluding ortho intramolecular Hbond substituents is 2. The van der Waals surface area contributed by atoms with E-state index in [0.717, 1.165) is 11.1 Å². The summed E-state index contributed by atoms with van der Waals surface area (Å²) >= 11 is 0. The zero-order valence-electron chi connectivity index (χ0n) is 27.1. The topological polar surface area (TPSA) is 199 Å². The van der Waals surface area contributed by atoms with Crippen molar-refractivity contribution in [3.05, 3.63) is 107 Å². The maximum absolute atomic E-state index is 12.2. The highest BCUT2D eigenvalue weighted by Gasteiger charge is 2.23. The Kier molecular flexibility index (Phi) is 8.74. The molecule has 0 saturated heterocycles. The lowest BCUT2D eigenvalue weighted by Gasteiger charge is -2.13. The van der Waals surface area contributed by atoms with Gasteiger partial charge in [-0.3, -0.25) is 9.11 Å². The molecule has 50 heavy (non-hydrogen) atoms. The normalized spacial score (nSPS) is 12.5. The molecule has 0 aliphatic rings. The molecule has 6 aromatic carbocycles. The van der Waals surface area contributed by atoms with E-state index in [1.165, 1.54) is 12.1 Å². The fraction of sp³-hybridized carbons (Fsp3) is 0.111. The molecule has 12 nitrogen and oxygen atoms in total. The van der Waals surface area contributed by atoms with Crippen LogP contribution in [-0.4, -0.2) is 36.2 Å². The summed E-state index contributed by atoms with van der Waals surface area (Å²) < 4.78 is 68.5. The van der Waals surface area contributed by atoms with Gasteiger partial charge in [-0.25, -0.2) is 0 Å². The van der Waals surface area contributed by atoms with Crippen molar-refractivity contribution in [3.63, 3.8) is 0 Å². The lowest BCUT2D eigenvalue weighted by molar-refractivity contribution is 0.471. The minimum atomic E-state index is -4.74. The lowest BCUT2D eigenvalue weighted by atomic mass is 9.95. The van der Waals surface area contributed by atoms with Crippen molar-refractivity contribution < 1.29 is 36.2 Å². The molecule has 0 atom stereocenters. The third-order valence-corrected chi connectivity index (χ3v) is 10.0. The van der Waals surface area contributed by atoms with Crippen molar-refractivity contribution in [2.24, 2.45) is 20.5 Å². The van der Waals surface area contributed by atoms with Crippen LogP contribution in [-0.2, 0) is 20.2 Å². The second-order valence-electron chi connectivity index (χ2n) is 11.9. The number of aromatic hydroxyl groups is 2. The summed E-state index contributed by atoms with van der Waals surface area (Å²) in [5.41, 5.74) is 4.53. The Hall–Kier alpha value is -5.54. The van der Waals surface area contributed by atoms with Crippen LogP contribution in [0.5, 0.6) is 11.5 Å². The van der Waals surface area contributed by atoms with E-state index in [-0.39, 0.29) is 11.4 Å². The van der Waals surface area contributed by atoms with Crippen molar-refractivity contribution in [3.8, 4) is 22.6 Å². The monoisotopic (exact) mass is 710 g/mol. The first-order valence-corrected chi connectivity index (χ1v) is 17.9. The zero-order chi connectivity index (χ0) is 36.1. The number of fused-ring (bicyclic) bond motifs is 2. The molecule has 0 bridgehead atoms. The highest BCUT2D eigenvalue weighted by Crippen LogP contribution is 2.44. The minimum absolute atomic E-state index is 0.347. The molecule has 0 spiro atoms.